The highest BCUT2D eigenvalue weighted by Gasteiger charge is 2.31. The normalized spacial score (nSPS) is 11.3. The molecule has 0 aromatic heterocycles. The summed E-state index contributed by atoms with van der Waals surface area (Å²) in [5.74, 6) is -0.899. The summed E-state index contributed by atoms with van der Waals surface area (Å²) in [5.41, 5.74) is 1.13. The third kappa shape index (κ3) is 6.76. The molecule has 0 aliphatic rings. The monoisotopic (exact) mass is 367 g/mol. The molecule has 0 saturated heterocycles. The smallest absolute Gasteiger partial charge is 0.507 e. The van der Waals surface area contributed by atoms with E-state index in [1.165, 1.54) is 18.2 Å². The summed E-state index contributed by atoms with van der Waals surface area (Å²) in [4.78, 5) is 11.5. The van der Waals surface area contributed by atoms with Crippen molar-refractivity contribution in [3.05, 3.63) is 65.7 Å². The van der Waals surface area contributed by atoms with E-state index in [0.717, 1.165) is 17.7 Å². The van der Waals surface area contributed by atoms with E-state index in [1.54, 1.807) is 0 Å². The molecule has 0 heterocycles. The molecule has 5 nitrogen and oxygen atoms in total. The number of carbonyl (C=O) groups excluding carboxylic acids is 1. The first-order valence-electron chi connectivity index (χ1n) is 7.53. The number of alkyl halides is 3. The van der Waals surface area contributed by atoms with E-state index < -0.39 is 18.2 Å². The number of amides is 1. The molecule has 2 rings (SSSR count). The lowest BCUT2D eigenvalue weighted by Crippen LogP contribution is -2.24. The number of nitrogens with one attached hydrogen (secondary N) is 1. The highest BCUT2D eigenvalue weighted by Crippen LogP contribution is 2.28. The van der Waals surface area contributed by atoms with Crippen LogP contribution >= 0.6 is 0 Å². The van der Waals surface area contributed by atoms with Crippen LogP contribution in [0.1, 0.15) is 11.1 Å². The minimum atomic E-state index is -4.83. The van der Waals surface area contributed by atoms with E-state index in [-0.39, 0.29) is 24.5 Å². The molecule has 138 valence electrons. The van der Waals surface area contributed by atoms with Crippen LogP contribution in [0.2, 0.25) is 0 Å². The molecule has 0 atom stereocenters. The van der Waals surface area contributed by atoms with Crippen molar-refractivity contribution >= 4 is 12.2 Å². The van der Waals surface area contributed by atoms with Crippen molar-refractivity contribution in [3.63, 3.8) is 0 Å². The predicted octanol–water partition coefficient (Wildman–Crippen LogP) is 4.23. The molecule has 2 N–H and O–H groups in total. The van der Waals surface area contributed by atoms with Crippen LogP contribution in [0.15, 0.2) is 54.6 Å². The van der Waals surface area contributed by atoms with E-state index in [2.05, 4.69) is 10.1 Å². The molecule has 2 aromatic rings. The number of phenolic OH excluding ortho intramolecular Hbond substituents is 1. The lowest BCUT2D eigenvalue weighted by atomic mass is 10.2. The molecule has 0 radical (unpaired) electrons. The average molecular weight is 367 g/mol. The molecule has 0 aliphatic carbocycles. The van der Waals surface area contributed by atoms with Crippen molar-refractivity contribution < 1.29 is 32.5 Å². The third-order valence-electron chi connectivity index (χ3n) is 3.11. The number of alkyl carbamates (subject to hydrolysis) is 1. The molecular weight excluding hydrogens is 351 g/mol. The number of hydrogen-bond acceptors (Lipinski definition) is 4. The zero-order valence-electron chi connectivity index (χ0n) is 13.5. The summed E-state index contributed by atoms with van der Waals surface area (Å²) in [6.45, 7) is 0.256. The topological polar surface area (TPSA) is 67.8 Å². The fraction of sp³-hybridized carbons (Fsp3) is 0.167. The maximum atomic E-state index is 12.1. The number of aromatic hydroxyl groups is 1. The van der Waals surface area contributed by atoms with E-state index >= 15 is 0 Å². The van der Waals surface area contributed by atoms with Crippen LogP contribution in [0, 0.1) is 0 Å². The van der Waals surface area contributed by atoms with Gasteiger partial charge in [-0.3, -0.25) is 0 Å². The van der Waals surface area contributed by atoms with E-state index in [1.807, 2.05) is 30.3 Å². The van der Waals surface area contributed by atoms with Crippen molar-refractivity contribution in [2.24, 2.45) is 0 Å². The first-order valence-corrected chi connectivity index (χ1v) is 7.53. The Kier molecular flexibility index (Phi) is 6.48. The van der Waals surface area contributed by atoms with Gasteiger partial charge in [-0.2, -0.15) is 0 Å². The van der Waals surface area contributed by atoms with Gasteiger partial charge in [0.05, 0.1) is 0 Å². The SMILES string of the molecule is O=C(NCC=Cc1ccc(OC(F)(F)F)cc1O)OCc1ccccc1. The van der Waals surface area contributed by atoms with Gasteiger partial charge in [-0.15, -0.1) is 13.2 Å². The summed E-state index contributed by atoms with van der Waals surface area (Å²) >= 11 is 0. The van der Waals surface area contributed by atoms with Crippen LogP contribution < -0.4 is 10.1 Å². The Hall–Kier alpha value is -3.16. The zero-order chi connectivity index (χ0) is 19.0. The minimum Gasteiger partial charge on any atom is -0.507 e. The Labute approximate surface area is 147 Å². The number of carbonyl (C=O) groups is 1. The quantitative estimate of drug-likeness (QED) is 0.802. The van der Waals surface area contributed by atoms with Crippen molar-refractivity contribution in [1.82, 2.24) is 5.32 Å². The third-order valence-corrected chi connectivity index (χ3v) is 3.11. The molecule has 0 aliphatic heterocycles. The lowest BCUT2D eigenvalue weighted by molar-refractivity contribution is -0.274. The molecular formula is C18H16F3NO4. The summed E-state index contributed by atoms with van der Waals surface area (Å²) in [5, 5.41) is 12.2. The highest BCUT2D eigenvalue weighted by molar-refractivity contribution is 5.68. The average Bonchev–Trinajstić information content (AvgIpc) is 2.58. The predicted molar refractivity (Wildman–Crippen MR) is 88.5 cm³/mol. The number of ether oxygens (including phenoxy) is 2. The maximum absolute atomic E-state index is 12.1. The second-order valence-electron chi connectivity index (χ2n) is 5.11. The summed E-state index contributed by atoms with van der Waals surface area (Å²) in [7, 11) is 0. The largest absolute Gasteiger partial charge is 0.573 e. The Bertz CT molecular complexity index is 761. The van der Waals surface area contributed by atoms with Crippen LogP contribution in [0.5, 0.6) is 11.5 Å². The van der Waals surface area contributed by atoms with Crippen LogP contribution in [-0.4, -0.2) is 24.1 Å². The number of rotatable bonds is 6. The van der Waals surface area contributed by atoms with Gasteiger partial charge in [0, 0.05) is 18.2 Å². The van der Waals surface area contributed by atoms with Gasteiger partial charge < -0.3 is 19.9 Å². The van der Waals surface area contributed by atoms with Crippen LogP contribution in [0.25, 0.3) is 6.08 Å². The lowest BCUT2D eigenvalue weighted by Gasteiger charge is -2.09. The van der Waals surface area contributed by atoms with Gasteiger partial charge in [0.2, 0.25) is 0 Å². The molecule has 2 aromatic carbocycles. The van der Waals surface area contributed by atoms with Crippen molar-refractivity contribution in [1.29, 1.82) is 0 Å². The maximum Gasteiger partial charge on any atom is 0.573 e. The molecule has 0 spiro atoms. The van der Waals surface area contributed by atoms with Gasteiger partial charge in [-0.25, -0.2) is 4.79 Å². The van der Waals surface area contributed by atoms with Gasteiger partial charge in [-0.1, -0.05) is 42.5 Å². The number of hydrogen-bond donors (Lipinski definition) is 2. The molecule has 0 bridgehead atoms. The molecule has 0 fully saturated rings. The van der Waals surface area contributed by atoms with Crippen molar-refractivity contribution in [2.45, 2.75) is 13.0 Å². The van der Waals surface area contributed by atoms with Gasteiger partial charge >= 0.3 is 12.5 Å². The highest BCUT2D eigenvalue weighted by atomic mass is 19.4. The van der Waals surface area contributed by atoms with Crippen molar-refractivity contribution in [3.8, 4) is 11.5 Å². The van der Waals surface area contributed by atoms with Gasteiger partial charge in [-0.05, 0) is 17.7 Å². The molecule has 1 amide bonds. The van der Waals surface area contributed by atoms with Gasteiger partial charge in [0.25, 0.3) is 0 Å². The Morgan fingerprint density at radius 1 is 1.15 bits per heavy atom. The van der Waals surface area contributed by atoms with Crippen LogP contribution in [0.3, 0.4) is 0 Å². The Balaban J connectivity index is 1.78. The van der Waals surface area contributed by atoms with E-state index in [9.17, 15) is 23.1 Å². The molecule has 8 heteroatoms. The second kappa shape index (κ2) is 8.80. The van der Waals surface area contributed by atoms with E-state index in [4.69, 9.17) is 4.74 Å². The minimum absolute atomic E-state index is 0.119. The first-order chi connectivity index (χ1) is 12.3. The molecule has 0 unspecified atom stereocenters. The fourth-order valence-electron chi connectivity index (χ4n) is 1.96. The van der Waals surface area contributed by atoms with Gasteiger partial charge in [0.15, 0.2) is 0 Å². The number of halogens is 3. The van der Waals surface area contributed by atoms with Crippen LogP contribution in [-0.2, 0) is 11.3 Å². The summed E-state index contributed by atoms with van der Waals surface area (Å²) in [6, 6.07) is 12.4. The van der Waals surface area contributed by atoms with Gasteiger partial charge in [0.1, 0.15) is 18.1 Å². The first kappa shape index (κ1) is 19.2. The summed E-state index contributed by atoms with van der Waals surface area (Å²) < 4.78 is 45.0. The molecule has 26 heavy (non-hydrogen) atoms. The second-order valence-corrected chi connectivity index (χ2v) is 5.11. The van der Waals surface area contributed by atoms with E-state index in [0.29, 0.717) is 0 Å². The molecule has 0 saturated carbocycles. The van der Waals surface area contributed by atoms with Crippen molar-refractivity contribution in [2.75, 3.05) is 6.54 Å². The standard InChI is InChI=1S/C18H16F3NO4/c19-18(20,21)26-15-9-8-14(16(23)11-15)7-4-10-22-17(24)25-12-13-5-2-1-3-6-13/h1-9,11,23H,10,12H2,(H,22,24). The Morgan fingerprint density at radius 2 is 1.88 bits per heavy atom. The number of phenols is 1. The van der Waals surface area contributed by atoms with Crippen LogP contribution in [0.4, 0.5) is 18.0 Å². The zero-order valence-corrected chi connectivity index (χ0v) is 13.5. The fourth-order valence-corrected chi connectivity index (χ4v) is 1.96. The number of benzene rings is 2. The Morgan fingerprint density at radius 3 is 2.54 bits per heavy atom. The summed E-state index contributed by atoms with van der Waals surface area (Å²) in [6.07, 6.45) is -2.47.